The fourth-order valence-electron chi connectivity index (χ4n) is 1.78. The molecule has 0 saturated heterocycles. The van der Waals surface area contributed by atoms with Crippen LogP contribution in [0.2, 0.25) is 0 Å². The number of Topliss-reactive ketones (excluding diaryl/α,β-unsaturated/α-hetero) is 1. The van der Waals surface area contributed by atoms with E-state index in [1.807, 2.05) is 24.3 Å². The second kappa shape index (κ2) is 8.32. The van der Waals surface area contributed by atoms with Gasteiger partial charge in [0, 0.05) is 12.1 Å². The highest BCUT2D eigenvalue weighted by molar-refractivity contribution is 5.95. The number of carbonyl (C=O) groups is 3. The van der Waals surface area contributed by atoms with E-state index in [9.17, 15) is 14.4 Å². The first-order valence-corrected chi connectivity index (χ1v) is 7.39. The summed E-state index contributed by atoms with van der Waals surface area (Å²) >= 11 is 0. The summed E-state index contributed by atoms with van der Waals surface area (Å²) in [5.74, 6) is -0.605. The summed E-state index contributed by atoms with van der Waals surface area (Å²) in [6, 6.07) is 7.53. The molecule has 0 aliphatic rings. The smallest absolute Gasteiger partial charge is 0.307 e. The maximum atomic E-state index is 11.9. The van der Waals surface area contributed by atoms with Gasteiger partial charge in [-0.25, -0.2) is 0 Å². The first-order chi connectivity index (χ1) is 10.3. The molecule has 1 amide bonds. The second-order valence-corrected chi connectivity index (χ2v) is 5.60. The number of hydrogen-bond donors (Lipinski definition) is 1. The molecular formula is C17H23NO4. The van der Waals surface area contributed by atoms with Crippen molar-refractivity contribution in [2.75, 3.05) is 5.32 Å². The van der Waals surface area contributed by atoms with Crippen LogP contribution in [0.5, 0.6) is 0 Å². The van der Waals surface area contributed by atoms with Crippen molar-refractivity contribution in [2.24, 2.45) is 0 Å². The van der Waals surface area contributed by atoms with Gasteiger partial charge in [0.1, 0.15) is 5.78 Å². The summed E-state index contributed by atoms with van der Waals surface area (Å²) in [4.78, 5) is 34.2. The van der Waals surface area contributed by atoms with Gasteiger partial charge in [0.05, 0.1) is 6.42 Å². The van der Waals surface area contributed by atoms with Gasteiger partial charge in [-0.05, 0) is 37.5 Å². The van der Waals surface area contributed by atoms with Gasteiger partial charge in [0.15, 0.2) is 6.10 Å². The summed E-state index contributed by atoms with van der Waals surface area (Å²) in [5.41, 5.74) is 1.84. The first-order valence-electron chi connectivity index (χ1n) is 7.39. The monoisotopic (exact) mass is 305 g/mol. The Morgan fingerprint density at radius 2 is 1.64 bits per heavy atom. The van der Waals surface area contributed by atoms with Gasteiger partial charge in [-0.1, -0.05) is 26.0 Å². The van der Waals surface area contributed by atoms with Gasteiger partial charge in [0.2, 0.25) is 0 Å². The molecule has 1 aromatic carbocycles. The molecule has 5 nitrogen and oxygen atoms in total. The lowest BCUT2D eigenvalue weighted by atomic mass is 10.0. The van der Waals surface area contributed by atoms with Gasteiger partial charge < -0.3 is 14.8 Å². The highest BCUT2D eigenvalue weighted by atomic mass is 16.5. The number of ether oxygens (including phenoxy) is 1. The van der Waals surface area contributed by atoms with Crippen LogP contribution in [0, 0.1) is 0 Å². The van der Waals surface area contributed by atoms with Gasteiger partial charge >= 0.3 is 5.97 Å². The van der Waals surface area contributed by atoms with E-state index in [-0.39, 0.29) is 18.6 Å². The molecule has 0 heterocycles. The normalized spacial score (nSPS) is 11.9. The second-order valence-electron chi connectivity index (χ2n) is 5.60. The van der Waals surface area contributed by atoms with E-state index < -0.39 is 18.0 Å². The van der Waals surface area contributed by atoms with Gasteiger partial charge in [-0.15, -0.1) is 0 Å². The lowest BCUT2D eigenvalue weighted by molar-refractivity contribution is -0.153. The summed E-state index contributed by atoms with van der Waals surface area (Å²) in [5, 5.41) is 2.69. The van der Waals surface area contributed by atoms with Gasteiger partial charge in [-0.2, -0.15) is 0 Å². The van der Waals surface area contributed by atoms with Crippen LogP contribution < -0.4 is 5.32 Å². The summed E-state index contributed by atoms with van der Waals surface area (Å²) in [6.07, 6.45) is -0.774. The Hall–Kier alpha value is -2.17. The molecule has 22 heavy (non-hydrogen) atoms. The lowest BCUT2D eigenvalue weighted by Crippen LogP contribution is -2.30. The molecule has 0 fully saturated rings. The zero-order chi connectivity index (χ0) is 16.7. The van der Waals surface area contributed by atoms with Crippen molar-refractivity contribution >= 4 is 23.3 Å². The van der Waals surface area contributed by atoms with E-state index in [1.54, 1.807) is 0 Å². The molecule has 0 aromatic heterocycles. The number of esters is 1. The lowest BCUT2D eigenvalue weighted by Gasteiger charge is -2.14. The highest BCUT2D eigenvalue weighted by Crippen LogP contribution is 2.17. The zero-order valence-corrected chi connectivity index (χ0v) is 13.5. The standard InChI is InChI=1S/C17H23NO4/c1-11(2)14-6-8-15(9-7-14)18-17(21)13(4)22-16(20)10-5-12(3)19/h6-9,11,13H,5,10H2,1-4H3,(H,18,21)/t13-/m0/s1. The first kappa shape index (κ1) is 17.9. The minimum absolute atomic E-state index is 0.00393. The number of benzene rings is 1. The molecule has 5 heteroatoms. The number of hydrogen-bond acceptors (Lipinski definition) is 4. The molecule has 0 radical (unpaired) electrons. The van der Waals surface area contributed by atoms with Crippen molar-refractivity contribution in [1.29, 1.82) is 0 Å². The van der Waals surface area contributed by atoms with E-state index >= 15 is 0 Å². The fourth-order valence-corrected chi connectivity index (χ4v) is 1.78. The third-order valence-corrected chi connectivity index (χ3v) is 3.20. The number of anilines is 1. The summed E-state index contributed by atoms with van der Waals surface area (Å²) in [6.45, 7) is 7.10. The highest BCUT2D eigenvalue weighted by Gasteiger charge is 2.18. The van der Waals surface area contributed by atoms with Crippen LogP contribution >= 0.6 is 0 Å². The van der Waals surface area contributed by atoms with Crippen LogP contribution in [0.15, 0.2) is 24.3 Å². The van der Waals surface area contributed by atoms with E-state index in [2.05, 4.69) is 19.2 Å². The predicted octanol–water partition coefficient (Wildman–Crippen LogP) is 3.05. The fraction of sp³-hybridized carbons (Fsp3) is 0.471. The van der Waals surface area contributed by atoms with Crippen LogP contribution in [0.1, 0.15) is 52.0 Å². The Kier molecular flexibility index (Phi) is 6.76. The predicted molar refractivity (Wildman–Crippen MR) is 84.6 cm³/mol. The van der Waals surface area contributed by atoms with Crippen LogP contribution in [0.25, 0.3) is 0 Å². The van der Waals surface area contributed by atoms with Gasteiger partial charge in [0.25, 0.3) is 5.91 Å². The summed E-state index contributed by atoms with van der Waals surface area (Å²) < 4.78 is 4.99. The molecule has 1 aromatic rings. The molecule has 0 spiro atoms. The molecule has 120 valence electrons. The average molecular weight is 305 g/mol. The van der Waals surface area contributed by atoms with Crippen molar-refractivity contribution in [3.63, 3.8) is 0 Å². The number of nitrogens with one attached hydrogen (secondary N) is 1. The SMILES string of the molecule is CC(=O)CCC(=O)O[C@@H](C)C(=O)Nc1ccc(C(C)C)cc1. The number of amides is 1. The van der Waals surface area contributed by atoms with Crippen LogP contribution in [0.4, 0.5) is 5.69 Å². The van der Waals surface area contributed by atoms with Crippen molar-refractivity contribution in [1.82, 2.24) is 0 Å². The molecule has 0 bridgehead atoms. The van der Waals surface area contributed by atoms with E-state index in [4.69, 9.17) is 4.74 Å². The number of carbonyl (C=O) groups excluding carboxylic acids is 3. The number of rotatable bonds is 7. The molecule has 0 saturated carbocycles. The van der Waals surface area contributed by atoms with Crippen molar-refractivity contribution in [2.45, 2.75) is 52.6 Å². The Morgan fingerprint density at radius 1 is 1.05 bits per heavy atom. The third-order valence-electron chi connectivity index (χ3n) is 3.20. The third kappa shape index (κ3) is 6.08. The largest absolute Gasteiger partial charge is 0.453 e. The maximum Gasteiger partial charge on any atom is 0.307 e. The molecular weight excluding hydrogens is 282 g/mol. The van der Waals surface area contributed by atoms with E-state index in [1.165, 1.54) is 19.4 Å². The Balaban J connectivity index is 2.49. The minimum atomic E-state index is -0.899. The maximum absolute atomic E-state index is 11.9. The molecule has 0 unspecified atom stereocenters. The quantitative estimate of drug-likeness (QED) is 0.786. The van der Waals surface area contributed by atoms with Crippen LogP contribution in [-0.4, -0.2) is 23.8 Å². The van der Waals surface area contributed by atoms with E-state index in [0.717, 1.165) is 0 Å². The Labute approximate surface area is 131 Å². The topological polar surface area (TPSA) is 72.5 Å². The molecule has 0 aliphatic carbocycles. The number of ketones is 1. The molecule has 1 atom stereocenters. The zero-order valence-electron chi connectivity index (χ0n) is 13.5. The van der Waals surface area contributed by atoms with E-state index in [0.29, 0.717) is 11.6 Å². The van der Waals surface area contributed by atoms with Crippen LogP contribution in [-0.2, 0) is 19.1 Å². The summed E-state index contributed by atoms with van der Waals surface area (Å²) in [7, 11) is 0. The molecule has 1 rings (SSSR count). The van der Waals surface area contributed by atoms with Crippen molar-refractivity contribution < 1.29 is 19.1 Å². The molecule has 1 N–H and O–H groups in total. The average Bonchev–Trinajstić information content (AvgIpc) is 2.45. The van der Waals surface area contributed by atoms with Crippen molar-refractivity contribution in [3.8, 4) is 0 Å². The van der Waals surface area contributed by atoms with Gasteiger partial charge in [-0.3, -0.25) is 9.59 Å². The Morgan fingerprint density at radius 3 is 2.14 bits per heavy atom. The minimum Gasteiger partial charge on any atom is -0.453 e. The van der Waals surface area contributed by atoms with Crippen molar-refractivity contribution in [3.05, 3.63) is 29.8 Å². The van der Waals surface area contributed by atoms with Crippen LogP contribution in [0.3, 0.4) is 0 Å². The molecule has 0 aliphatic heterocycles. The Bertz CT molecular complexity index is 534.